The predicted molar refractivity (Wildman–Crippen MR) is 92.3 cm³/mol. The molecule has 0 aliphatic rings. The number of amides is 1. The SMILES string of the molecule is Cc1ccc(C)c(NC(=O)Cn2cnc3oc(C)c(C)c3c2=O)c1. The van der Waals surface area contributed by atoms with Crippen LogP contribution in [0.15, 0.2) is 33.7 Å². The van der Waals surface area contributed by atoms with Crippen LogP contribution in [-0.4, -0.2) is 15.5 Å². The van der Waals surface area contributed by atoms with Crippen LogP contribution in [0, 0.1) is 27.7 Å². The lowest BCUT2D eigenvalue weighted by atomic mass is 10.1. The molecule has 0 aliphatic carbocycles. The van der Waals surface area contributed by atoms with Crippen LogP contribution in [0.25, 0.3) is 11.1 Å². The summed E-state index contributed by atoms with van der Waals surface area (Å²) in [6.45, 7) is 7.38. The Morgan fingerprint density at radius 2 is 2.00 bits per heavy atom. The minimum Gasteiger partial charge on any atom is -0.443 e. The van der Waals surface area contributed by atoms with Crippen LogP contribution in [0.1, 0.15) is 22.5 Å². The number of carbonyl (C=O) groups excluding carboxylic acids is 1. The van der Waals surface area contributed by atoms with Gasteiger partial charge in [-0.1, -0.05) is 12.1 Å². The molecule has 6 heteroatoms. The molecule has 0 fully saturated rings. The van der Waals surface area contributed by atoms with E-state index in [1.165, 1.54) is 10.9 Å². The zero-order valence-corrected chi connectivity index (χ0v) is 14.1. The summed E-state index contributed by atoms with van der Waals surface area (Å²) in [5, 5.41) is 3.27. The first kappa shape index (κ1) is 16.0. The van der Waals surface area contributed by atoms with Gasteiger partial charge in [-0.15, -0.1) is 0 Å². The third kappa shape index (κ3) is 2.82. The maximum absolute atomic E-state index is 12.6. The molecule has 0 unspecified atom stereocenters. The van der Waals surface area contributed by atoms with Crippen LogP contribution in [-0.2, 0) is 11.3 Å². The minimum atomic E-state index is -0.273. The Kier molecular flexibility index (Phi) is 3.97. The number of aryl methyl sites for hydroxylation is 4. The average Bonchev–Trinajstić information content (AvgIpc) is 2.81. The molecule has 0 saturated carbocycles. The highest BCUT2D eigenvalue weighted by Crippen LogP contribution is 2.19. The number of hydrogen-bond donors (Lipinski definition) is 1. The number of carbonyl (C=O) groups is 1. The molecule has 1 N–H and O–H groups in total. The monoisotopic (exact) mass is 325 g/mol. The van der Waals surface area contributed by atoms with Gasteiger partial charge in [-0.25, -0.2) is 4.98 Å². The molecule has 1 aromatic carbocycles. The molecule has 0 radical (unpaired) electrons. The van der Waals surface area contributed by atoms with Crippen molar-refractivity contribution in [3.63, 3.8) is 0 Å². The molecule has 0 spiro atoms. The van der Waals surface area contributed by atoms with Gasteiger partial charge in [-0.2, -0.15) is 0 Å². The second-order valence-corrected chi connectivity index (χ2v) is 6.01. The topological polar surface area (TPSA) is 77.1 Å². The molecule has 2 heterocycles. The number of hydrogen-bond acceptors (Lipinski definition) is 4. The van der Waals surface area contributed by atoms with Crippen molar-refractivity contribution in [1.82, 2.24) is 9.55 Å². The van der Waals surface area contributed by atoms with Crippen LogP contribution in [0.4, 0.5) is 5.69 Å². The summed E-state index contributed by atoms with van der Waals surface area (Å²) in [6, 6.07) is 5.83. The Balaban J connectivity index is 1.88. The number of nitrogens with zero attached hydrogens (tertiary/aromatic N) is 2. The molecule has 3 aromatic rings. The standard InChI is InChI=1S/C18H19N3O3/c1-10-5-6-11(2)14(7-10)20-15(22)8-21-9-19-17-16(18(21)23)12(3)13(4)24-17/h5-7,9H,8H2,1-4H3,(H,20,22). The first-order chi connectivity index (χ1) is 11.4. The Morgan fingerprint density at radius 1 is 1.25 bits per heavy atom. The van der Waals surface area contributed by atoms with Gasteiger partial charge in [0.2, 0.25) is 11.6 Å². The zero-order chi connectivity index (χ0) is 17.4. The number of benzene rings is 1. The van der Waals surface area contributed by atoms with E-state index in [1.54, 1.807) is 6.92 Å². The normalized spacial score (nSPS) is 11.0. The van der Waals surface area contributed by atoms with E-state index in [-0.39, 0.29) is 18.0 Å². The van der Waals surface area contributed by atoms with E-state index in [4.69, 9.17) is 4.42 Å². The van der Waals surface area contributed by atoms with Crippen molar-refractivity contribution in [3.05, 3.63) is 57.3 Å². The van der Waals surface area contributed by atoms with Gasteiger partial charge in [-0.3, -0.25) is 14.2 Å². The summed E-state index contributed by atoms with van der Waals surface area (Å²) in [6.07, 6.45) is 1.34. The molecule has 0 bridgehead atoms. The molecular formula is C18H19N3O3. The molecule has 24 heavy (non-hydrogen) atoms. The van der Waals surface area contributed by atoms with Crippen LogP contribution in [0.3, 0.4) is 0 Å². The molecule has 1 amide bonds. The predicted octanol–water partition coefficient (Wildman–Crippen LogP) is 2.86. The van der Waals surface area contributed by atoms with E-state index in [2.05, 4.69) is 10.3 Å². The number of anilines is 1. The summed E-state index contributed by atoms with van der Waals surface area (Å²) in [4.78, 5) is 29.0. The van der Waals surface area contributed by atoms with Crippen molar-refractivity contribution < 1.29 is 9.21 Å². The van der Waals surface area contributed by atoms with Crippen molar-refractivity contribution in [2.75, 3.05) is 5.32 Å². The Morgan fingerprint density at radius 3 is 2.75 bits per heavy atom. The summed E-state index contributed by atoms with van der Waals surface area (Å²) in [5.74, 6) is 0.386. The highest BCUT2D eigenvalue weighted by Gasteiger charge is 2.15. The van der Waals surface area contributed by atoms with Crippen LogP contribution < -0.4 is 10.9 Å². The van der Waals surface area contributed by atoms with E-state index in [1.807, 2.05) is 39.0 Å². The molecule has 0 aliphatic heterocycles. The van der Waals surface area contributed by atoms with Gasteiger partial charge in [0.25, 0.3) is 5.56 Å². The molecule has 0 atom stereocenters. The van der Waals surface area contributed by atoms with Crippen molar-refractivity contribution in [1.29, 1.82) is 0 Å². The maximum atomic E-state index is 12.6. The fourth-order valence-corrected chi connectivity index (χ4v) is 2.60. The first-order valence-electron chi connectivity index (χ1n) is 7.69. The summed E-state index contributed by atoms with van der Waals surface area (Å²) >= 11 is 0. The van der Waals surface area contributed by atoms with Gasteiger partial charge in [-0.05, 0) is 44.9 Å². The van der Waals surface area contributed by atoms with E-state index in [0.717, 1.165) is 22.4 Å². The van der Waals surface area contributed by atoms with Gasteiger partial charge in [0.1, 0.15) is 24.0 Å². The second kappa shape index (κ2) is 5.96. The lowest BCUT2D eigenvalue weighted by Gasteiger charge is -2.10. The van der Waals surface area contributed by atoms with Crippen molar-refractivity contribution in [2.45, 2.75) is 34.2 Å². The second-order valence-electron chi connectivity index (χ2n) is 6.01. The Bertz CT molecular complexity index is 999. The van der Waals surface area contributed by atoms with Gasteiger partial charge in [0.05, 0.1) is 0 Å². The smallest absolute Gasteiger partial charge is 0.265 e. The molecule has 3 rings (SSSR count). The third-order valence-corrected chi connectivity index (χ3v) is 4.14. The van der Waals surface area contributed by atoms with E-state index < -0.39 is 0 Å². The lowest BCUT2D eigenvalue weighted by Crippen LogP contribution is -2.28. The van der Waals surface area contributed by atoms with E-state index in [0.29, 0.717) is 16.9 Å². The van der Waals surface area contributed by atoms with E-state index >= 15 is 0 Å². The van der Waals surface area contributed by atoms with E-state index in [9.17, 15) is 9.59 Å². The largest absolute Gasteiger partial charge is 0.443 e. The van der Waals surface area contributed by atoms with Crippen molar-refractivity contribution >= 4 is 22.7 Å². The highest BCUT2D eigenvalue weighted by atomic mass is 16.3. The Hall–Kier alpha value is -2.89. The lowest BCUT2D eigenvalue weighted by molar-refractivity contribution is -0.116. The average molecular weight is 325 g/mol. The fourth-order valence-electron chi connectivity index (χ4n) is 2.60. The zero-order valence-electron chi connectivity index (χ0n) is 14.1. The number of rotatable bonds is 3. The Labute approximate surface area is 139 Å². The fraction of sp³-hybridized carbons (Fsp3) is 0.278. The quantitative estimate of drug-likeness (QED) is 0.803. The van der Waals surface area contributed by atoms with Gasteiger partial charge in [0, 0.05) is 11.3 Å². The van der Waals surface area contributed by atoms with Gasteiger partial charge in [0.15, 0.2) is 0 Å². The molecule has 0 saturated heterocycles. The third-order valence-electron chi connectivity index (χ3n) is 4.14. The van der Waals surface area contributed by atoms with Crippen LogP contribution >= 0.6 is 0 Å². The number of fused-ring (bicyclic) bond motifs is 1. The van der Waals surface area contributed by atoms with Crippen LogP contribution in [0.5, 0.6) is 0 Å². The van der Waals surface area contributed by atoms with Crippen molar-refractivity contribution in [3.8, 4) is 0 Å². The maximum Gasteiger partial charge on any atom is 0.265 e. The first-order valence-corrected chi connectivity index (χ1v) is 7.69. The molecule has 124 valence electrons. The number of furan rings is 1. The number of nitrogens with one attached hydrogen (secondary N) is 1. The van der Waals surface area contributed by atoms with Gasteiger partial charge < -0.3 is 9.73 Å². The number of aromatic nitrogens is 2. The molecule has 2 aromatic heterocycles. The molecular weight excluding hydrogens is 306 g/mol. The minimum absolute atomic E-state index is 0.0984. The summed E-state index contributed by atoms with van der Waals surface area (Å²) in [5.41, 5.74) is 3.56. The van der Waals surface area contributed by atoms with Crippen molar-refractivity contribution in [2.24, 2.45) is 0 Å². The highest BCUT2D eigenvalue weighted by molar-refractivity contribution is 5.91. The summed E-state index contributed by atoms with van der Waals surface area (Å²) in [7, 11) is 0. The summed E-state index contributed by atoms with van der Waals surface area (Å²) < 4.78 is 6.74. The van der Waals surface area contributed by atoms with Gasteiger partial charge >= 0.3 is 0 Å². The molecule has 6 nitrogen and oxygen atoms in total. The van der Waals surface area contributed by atoms with Crippen LogP contribution in [0.2, 0.25) is 0 Å².